The van der Waals surface area contributed by atoms with Crippen molar-refractivity contribution in [3.8, 4) is 5.75 Å². The minimum atomic E-state index is -3.81. The van der Waals surface area contributed by atoms with Crippen molar-refractivity contribution >= 4 is 38.1 Å². The Labute approximate surface area is 175 Å². The van der Waals surface area contributed by atoms with Gasteiger partial charge in [-0.05, 0) is 42.3 Å². The first-order chi connectivity index (χ1) is 14.2. The van der Waals surface area contributed by atoms with Crippen LogP contribution >= 0.6 is 0 Å². The maximum absolute atomic E-state index is 12.8. The first-order valence-corrected chi connectivity index (χ1v) is 10.9. The van der Waals surface area contributed by atoms with Gasteiger partial charge in [0.1, 0.15) is 11.8 Å². The standard InChI is InChI=1S/C22H24N2O5S/c1-14(2)21(22(25)26)23-19-12-13-20(18-7-5-4-6-17(18)19)24-30(27,28)16-10-8-15(29-3)9-11-16/h4-14,21,23-24H,1-3H3,(H,25,26)/t21-/m0/s1. The van der Waals surface area contributed by atoms with Gasteiger partial charge in [0.15, 0.2) is 0 Å². The summed E-state index contributed by atoms with van der Waals surface area (Å²) in [5.41, 5.74) is 1.03. The van der Waals surface area contributed by atoms with Crippen LogP contribution in [0.2, 0.25) is 0 Å². The number of aliphatic carboxylic acids is 1. The molecule has 8 heteroatoms. The van der Waals surface area contributed by atoms with E-state index in [2.05, 4.69) is 10.0 Å². The number of fused-ring (bicyclic) bond motifs is 1. The molecule has 30 heavy (non-hydrogen) atoms. The Hall–Kier alpha value is -3.26. The molecule has 0 fully saturated rings. The molecule has 0 amide bonds. The Bertz CT molecular complexity index is 1160. The maximum Gasteiger partial charge on any atom is 0.326 e. The minimum absolute atomic E-state index is 0.111. The Morgan fingerprint density at radius 1 is 0.933 bits per heavy atom. The molecule has 1 atom stereocenters. The second-order valence-corrected chi connectivity index (χ2v) is 8.87. The fraction of sp³-hybridized carbons (Fsp3) is 0.227. The number of benzene rings is 3. The number of rotatable bonds is 8. The van der Waals surface area contributed by atoms with E-state index in [1.807, 2.05) is 26.0 Å². The van der Waals surface area contributed by atoms with Crippen LogP contribution in [-0.2, 0) is 14.8 Å². The van der Waals surface area contributed by atoms with Gasteiger partial charge < -0.3 is 15.2 Å². The highest BCUT2D eigenvalue weighted by Crippen LogP contribution is 2.32. The van der Waals surface area contributed by atoms with Crippen LogP contribution in [0.3, 0.4) is 0 Å². The second-order valence-electron chi connectivity index (χ2n) is 7.19. The summed E-state index contributed by atoms with van der Waals surface area (Å²) >= 11 is 0. The van der Waals surface area contributed by atoms with E-state index in [4.69, 9.17) is 4.74 Å². The van der Waals surface area contributed by atoms with E-state index in [0.717, 1.165) is 5.39 Å². The predicted molar refractivity (Wildman–Crippen MR) is 118 cm³/mol. The van der Waals surface area contributed by atoms with Crippen LogP contribution in [0.1, 0.15) is 13.8 Å². The van der Waals surface area contributed by atoms with Crippen LogP contribution in [0.15, 0.2) is 65.6 Å². The summed E-state index contributed by atoms with van der Waals surface area (Å²) in [4.78, 5) is 11.7. The molecular weight excluding hydrogens is 404 g/mol. The number of methoxy groups -OCH3 is 1. The summed E-state index contributed by atoms with van der Waals surface area (Å²) in [5, 5.41) is 13.9. The fourth-order valence-corrected chi connectivity index (χ4v) is 4.23. The van der Waals surface area contributed by atoms with Gasteiger partial charge in [0.25, 0.3) is 10.0 Å². The molecule has 0 aliphatic carbocycles. The zero-order chi connectivity index (χ0) is 21.9. The third kappa shape index (κ3) is 4.49. The maximum atomic E-state index is 12.8. The van der Waals surface area contributed by atoms with Crippen molar-refractivity contribution in [2.45, 2.75) is 24.8 Å². The molecule has 3 N–H and O–H groups in total. The number of carbonyl (C=O) groups is 1. The average molecular weight is 429 g/mol. The highest BCUT2D eigenvalue weighted by molar-refractivity contribution is 7.92. The molecule has 3 aromatic carbocycles. The monoisotopic (exact) mass is 428 g/mol. The van der Waals surface area contributed by atoms with Crippen LogP contribution in [0.5, 0.6) is 5.75 Å². The summed E-state index contributed by atoms with van der Waals surface area (Å²) in [6.45, 7) is 3.65. The van der Waals surface area contributed by atoms with Gasteiger partial charge in [0.2, 0.25) is 0 Å². The first kappa shape index (κ1) is 21.4. The largest absolute Gasteiger partial charge is 0.497 e. The number of nitrogens with one attached hydrogen (secondary N) is 2. The van der Waals surface area contributed by atoms with E-state index in [0.29, 0.717) is 22.5 Å². The van der Waals surface area contributed by atoms with Crippen molar-refractivity contribution in [3.63, 3.8) is 0 Å². The molecule has 0 aliphatic heterocycles. The molecule has 0 saturated carbocycles. The Balaban J connectivity index is 1.99. The van der Waals surface area contributed by atoms with Crippen molar-refractivity contribution in [3.05, 3.63) is 60.7 Å². The predicted octanol–water partition coefficient (Wildman–Crippen LogP) is 4.17. The molecule has 7 nitrogen and oxygen atoms in total. The van der Waals surface area contributed by atoms with E-state index in [1.165, 1.54) is 19.2 Å². The van der Waals surface area contributed by atoms with Crippen LogP contribution in [0, 0.1) is 5.92 Å². The molecule has 3 rings (SSSR count). The molecule has 0 heterocycles. The van der Waals surface area contributed by atoms with Crippen molar-refractivity contribution in [2.24, 2.45) is 5.92 Å². The first-order valence-electron chi connectivity index (χ1n) is 9.41. The SMILES string of the molecule is COc1ccc(S(=O)(=O)Nc2ccc(N[C@H](C(=O)O)C(C)C)c3ccccc23)cc1. The highest BCUT2D eigenvalue weighted by Gasteiger charge is 2.22. The van der Waals surface area contributed by atoms with E-state index < -0.39 is 22.0 Å². The number of hydrogen-bond acceptors (Lipinski definition) is 5. The van der Waals surface area contributed by atoms with Gasteiger partial charge in [0.05, 0.1) is 17.7 Å². The number of anilines is 2. The van der Waals surface area contributed by atoms with Gasteiger partial charge in [-0.1, -0.05) is 38.1 Å². The van der Waals surface area contributed by atoms with Crippen molar-refractivity contribution in [1.82, 2.24) is 0 Å². The molecule has 0 bridgehead atoms. The smallest absolute Gasteiger partial charge is 0.326 e. The third-order valence-electron chi connectivity index (χ3n) is 4.78. The summed E-state index contributed by atoms with van der Waals surface area (Å²) in [7, 11) is -2.30. The molecular formula is C22H24N2O5S. The van der Waals surface area contributed by atoms with E-state index in [9.17, 15) is 18.3 Å². The molecule has 0 saturated heterocycles. The van der Waals surface area contributed by atoms with Crippen LogP contribution in [0.4, 0.5) is 11.4 Å². The number of ether oxygens (including phenoxy) is 1. The van der Waals surface area contributed by atoms with Gasteiger partial charge in [-0.2, -0.15) is 0 Å². The van der Waals surface area contributed by atoms with Gasteiger partial charge in [0, 0.05) is 16.5 Å². The quantitative estimate of drug-likeness (QED) is 0.497. The lowest BCUT2D eigenvalue weighted by Gasteiger charge is -2.21. The van der Waals surface area contributed by atoms with Gasteiger partial charge >= 0.3 is 5.97 Å². The lowest BCUT2D eigenvalue weighted by atomic mass is 10.0. The Kier molecular flexibility index (Phi) is 6.17. The molecule has 0 spiro atoms. The molecule has 0 radical (unpaired) electrons. The van der Waals surface area contributed by atoms with Crippen LogP contribution in [0.25, 0.3) is 10.8 Å². The summed E-state index contributed by atoms with van der Waals surface area (Å²) in [6, 6.07) is 15.9. The zero-order valence-electron chi connectivity index (χ0n) is 16.9. The molecule has 0 aromatic heterocycles. The number of carboxylic acid groups (broad SMARTS) is 1. The minimum Gasteiger partial charge on any atom is -0.497 e. The van der Waals surface area contributed by atoms with Crippen molar-refractivity contribution < 1.29 is 23.1 Å². The number of sulfonamides is 1. The average Bonchev–Trinajstić information content (AvgIpc) is 2.72. The molecule has 3 aromatic rings. The second kappa shape index (κ2) is 8.62. The normalized spacial score (nSPS) is 12.5. The molecule has 0 unspecified atom stereocenters. The third-order valence-corrected chi connectivity index (χ3v) is 6.16. The van der Waals surface area contributed by atoms with Crippen molar-refractivity contribution in [2.75, 3.05) is 17.1 Å². The summed E-state index contributed by atoms with van der Waals surface area (Å²) in [6.07, 6.45) is 0. The van der Waals surface area contributed by atoms with Crippen LogP contribution < -0.4 is 14.8 Å². The lowest BCUT2D eigenvalue weighted by Crippen LogP contribution is -2.34. The summed E-state index contributed by atoms with van der Waals surface area (Å²) < 4.78 is 33.4. The van der Waals surface area contributed by atoms with Gasteiger partial charge in [-0.15, -0.1) is 0 Å². The Morgan fingerprint density at radius 3 is 2.03 bits per heavy atom. The number of hydrogen-bond donors (Lipinski definition) is 3. The van der Waals surface area contributed by atoms with Crippen LogP contribution in [-0.4, -0.2) is 32.6 Å². The lowest BCUT2D eigenvalue weighted by molar-refractivity contribution is -0.138. The highest BCUT2D eigenvalue weighted by atomic mass is 32.2. The van der Waals surface area contributed by atoms with Gasteiger partial charge in [-0.25, -0.2) is 13.2 Å². The molecule has 158 valence electrons. The van der Waals surface area contributed by atoms with E-state index in [-0.39, 0.29) is 10.8 Å². The van der Waals surface area contributed by atoms with E-state index >= 15 is 0 Å². The topological polar surface area (TPSA) is 105 Å². The van der Waals surface area contributed by atoms with E-state index in [1.54, 1.807) is 36.4 Å². The fourth-order valence-electron chi connectivity index (χ4n) is 3.15. The number of carboxylic acids is 1. The zero-order valence-corrected chi connectivity index (χ0v) is 17.7. The summed E-state index contributed by atoms with van der Waals surface area (Å²) in [5.74, 6) is -0.513. The van der Waals surface area contributed by atoms with Crippen molar-refractivity contribution in [1.29, 1.82) is 0 Å². The Morgan fingerprint density at radius 2 is 1.50 bits per heavy atom. The molecule has 0 aliphatic rings. The van der Waals surface area contributed by atoms with Gasteiger partial charge in [-0.3, -0.25) is 4.72 Å².